The Bertz CT molecular complexity index is 711. The Balaban J connectivity index is 1.59. The normalized spacial score (nSPS) is 17.5. The van der Waals surface area contributed by atoms with Gasteiger partial charge in [0.1, 0.15) is 0 Å². The number of benzene rings is 1. The third kappa shape index (κ3) is 4.28. The van der Waals surface area contributed by atoms with Crippen molar-refractivity contribution in [3.05, 3.63) is 36.2 Å². The van der Waals surface area contributed by atoms with Gasteiger partial charge in [-0.25, -0.2) is 0 Å². The van der Waals surface area contributed by atoms with Crippen LogP contribution < -0.4 is 0 Å². The largest absolute Gasteiger partial charge is 0.480 e. The number of carboxylic acids is 1. The molecule has 1 aliphatic rings. The first-order valence-corrected chi connectivity index (χ1v) is 9.17. The minimum atomic E-state index is -0.762. The van der Waals surface area contributed by atoms with Crippen molar-refractivity contribution in [3.63, 3.8) is 0 Å². The van der Waals surface area contributed by atoms with E-state index < -0.39 is 5.97 Å². The lowest BCUT2D eigenvalue weighted by molar-refractivity contribution is -0.139. The van der Waals surface area contributed by atoms with E-state index >= 15 is 0 Å². The van der Waals surface area contributed by atoms with Gasteiger partial charge in [-0.2, -0.15) is 4.98 Å². The van der Waals surface area contributed by atoms with Gasteiger partial charge in [0.15, 0.2) is 0 Å². The fourth-order valence-electron chi connectivity index (χ4n) is 3.58. The number of hydrogen-bond donors (Lipinski definition) is 1. The fourth-order valence-corrected chi connectivity index (χ4v) is 3.58. The highest BCUT2D eigenvalue weighted by atomic mass is 16.5. The Kier molecular flexibility index (Phi) is 6.00. The molecular weight excluding hydrogens is 332 g/mol. The molecule has 1 aliphatic heterocycles. The first kappa shape index (κ1) is 18.5. The van der Waals surface area contributed by atoms with Crippen LogP contribution in [0.25, 0.3) is 11.4 Å². The Morgan fingerprint density at radius 2 is 2.04 bits per heavy atom. The van der Waals surface area contributed by atoms with E-state index in [0.29, 0.717) is 17.8 Å². The van der Waals surface area contributed by atoms with Crippen molar-refractivity contribution >= 4 is 5.97 Å². The Morgan fingerprint density at radius 3 is 2.65 bits per heavy atom. The second-order valence-corrected chi connectivity index (χ2v) is 6.72. The minimum absolute atomic E-state index is 0.0514. The Labute approximate surface area is 153 Å². The SMILES string of the molecule is CCN(CC(=O)O)C1CCN(C(C)c2nc(-c3ccccc3)no2)CC1. The molecule has 1 fully saturated rings. The zero-order valence-electron chi connectivity index (χ0n) is 15.3. The van der Waals surface area contributed by atoms with Gasteiger partial charge in [-0.15, -0.1) is 0 Å². The van der Waals surface area contributed by atoms with Crippen LogP contribution in [0.3, 0.4) is 0 Å². The maximum absolute atomic E-state index is 11.0. The van der Waals surface area contributed by atoms with Crippen LogP contribution in [-0.2, 0) is 4.79 Å². The van der Waals surface area contributed by atoms with E-state index in [1.807, 2.05) is 42.2 Å². The molecule has 26 heavy (non-hydrogen) atoms. The molecule has 0 spiro atoms. The summed E-state index contributed by atoms with van der Waals surface area (Å²) in [5, 5.41) is 13.2. The van der Waals surface area contributed by atoms with Crippen LogP contribution in [0.2, 0.25) is 0 Å². The molecule has 140 valence electrons. The zero-order valence-corrected chi connectivity index (χ0v) is 15.3. The van der Waals surface area contributed by atoms with E-state index in [2.05, 4.69) is 22.0 Å². The monoisotopic (exact) mass is 358 g/mol. The Hall–Kier alpha value is -2.25. The smallest absolute Gasteiger partial charge is 0.317 e. The first-order valence-electron chi connectivity index (χ1n) is 9.17. The highest BCUT2D eigenvalue weighted by Gasteiger charge is 2.29. The van der Waals surface area contributed by atoms with Crippen molar-refractivity contribution in [2.24, 2.45) is 0 Å². The number of piperidine rings is 1. The van der Waals surface area contributed by atoms with Crippen molar-refractivity contribution in [1.29, 1.82) is 0 Å². The molecule has 0 bridgehead atoms. The fraction of sp³-hybridized carbons (Fsp3) is 0.526. The number of carbonyl (C=O) groups is 1. The molecular formula is C19H26N4O3. The zero-order chi connectivity index (χ0) is 18.5. The topological polar surface area (TPSA) is 82.7 Å². The molecule has 1 aromatic carbocycles. The summed E-state index contributed by atoms with van der Waals surface area (Å²) in [6.07, 6.45) is 1.90. The molecule has 0 radical (unpaired) electrons. The molecule has 1 saturated heterocycles. The average molecular weight is 358 g/mol. The standard InChI is InChI=1S/C19H26N4O3/c1-3-22(13-17(24)25)16-9-11-23(12-10-16)14(2)19-20-18(21-26-19)15-7-5-4-6-8-15/h4-8,14,16H,3,9-13H2,1-2H3,(H,24,25). The summed E-state index contributed by atoms with van der Waals surface area (Å²) in [5.74, 6) is 0.475. The third-order valence-corrected chi connectivity index (χ3v) is 5.14. The van der Waals surface area contributed by atoms with Gasteiger partial charge in [0.2, 0.25) is 11.7 Å². The van der Waals surface area contributed by atoms with Crippen molar-refractivity contribution in [1.82, 2.24) is 19.9 Å². The minimum Gasteiger partial charge on any atom is -0.480 e. The maximum atomic E-state index is 11.0. The van der Waals surface area contributed by atoms with E-state index in [-0.39, 0.29) is 12.6 Å². The predicted octanol–water partition coefficient (Wildman–Crippen LogP) is 2.67. The summed E-state index contributed by atoms with van der Waals surface area (Å²) in [6, 6.07) is 10.2. The van der Waals surface area contributed by atoms with Crippen molar-refractivity contribution in [2.75, 3.05) is 26.2 Å². The van der Waals surface area contributed by atoms with Gasteiger partial charge >= 0.3 is 5.97 Å². The van der Waals surface area contributed by atoms with Crippen LogP contribution in [0, 0.1) is 0 Å². The van der Waals surface area contributed by atoms with Gasteiger partial charge in [-0.3, -0.25) is 14.6 Å². The second kappa shape index (κ2) is 8.42. The molecule has 3 rings (SSSR count). The molecule has 1 unspecified atom stereocenters. The van der Waals surface area contributed by atoms with Crippen molar-refractivity contribution < 1.29 is 14.4 Å². The first-order chi connectivity index (χ1) is 12.6. The summed E-state index contributed by atoms with van der Waals surface area (Å²) in [5.41, 5.74) is 0.945. The molecule has 0 saturated carbocycles. The van der Waals surface area contributed by atoms with E-state index in [1.54, 1.807) is 0 Å². The van der Waals surface area contributed by atoms with Crippen LogP contribution in [0.5, 0.6) is 0 Å². The van der Waals surface area contributed by atoms with E-state index in [9.17, 15) is 4.79 Å². The van der Waals surface area contributed by atoms with E-state index in [4.69, 9.17) is 9.63 Å². The molecule has 7 nitrogen and oxygen atoms in total. The number of rotatable bonds is 7. The van der Waals surface area contributed by atoms with Crippen LogP contribution >= 0.6 is 0 Å². The van der Waals surface area contributed by atoms with Crippen LogP contribution in [0.1, 0.15) is 38.6 Å². The molecule has 0 amide bonds. The van der Waals surface area contributed by atoms with Crippen LogP contribution in [-0.4, -0.2) is 63.2 Å². The quantitative estimate of drug-likeness (QED) is 0.815. The molecule has 1 N–H and O–H groups in total. The summed E-state index contributed by atoms with van der Waals surface area (Å²) in [6.45, 7) is 6.76. The number of aromatic nitrogens is 2. The van der Waals surface area contributed by atoms with Gasteiger partial charge in [0.25, 0.3) is 0 Å². The lowest BCUT2D eigenvalue weighted by Gasteiger charge is -2.39. The van der Waals surface area contributed by atoms with Crippen LogP contribution in [0.4, 0.5) is 0 Å². The highest BCUT2D eigenvalue weighted by Crippen LogP contribution is 2.26. The number of likely N-dealkylation sites (tertiary alicyclic amines) is 1. The summed E-state index contributed by atoms with van der Waals surface area (Å²) >= 11 is 0. The molecule has 7 heteroatoms. The number of nitrogens with zero attached hydrogens (tertiary/aromatic N) is 4. The number of likely N-dealkylation sites (N-methyl/N-ethyl adjacent to an activating group) is 1. The summed E-state index contributed by atoms with van der Waals surface area (Å²) in [4.78, 5) is 19.9. The highest BCUT2D eigenvalue weighted by molar-refractivity contribution is 5.69. The molecule has 2 heterocycles. The molecule has 1 atom stereocenters. The van der Waals surface area contributed by atoms with Gasteiger partial charge < -0.3 is 9.63 Å². The average Bonchev–Trinajstić information content (AvgIpc) is 3.16. The lowest BCUT2D eigenvalue weighted by atomic mass is 10.0. The number of carboxylic acid groups (broad SMARTS) is 1. The second-order valence-electron chi connectivity index (χ2n) is 6.72. The van der Waals surface area contributed by atoms with Gasteiger partial charge in [-0.1, -0.05) is 42.4 Å². The van der Waals surface area contributed by atoms with E-state index in [1.165, 1.54) is 0 Å². The maximum Gasteiger partial charge on any atom is 0.317 e. The van der Waals surface area contributed by atoms with Gasteiger partial charge in [-0.05, 0) is 26.3 Å². The molecule has 2 aromatic rings. The van der Waals surface area contributed by atoms with Crippen LogP contribution in [0.15, 0.2) is 34.9 Å². The van der Waals surface area contributed by atoms with E-state index in [0.717, 1.165) is 38.0 Å². The van der Waals surface area contributed by atoms with Crippen molar-refractivity contribution in [3.8, 4) is 11.4 Å². The lowest BCUT2D eigenvalue weighted by Crippen LogP contribution is -2.47. The van der Waals surface area contributed by atoms with Gasteiger partial charge in [0, 0.05) is 24.7 Å². The van der Waals surface area contributed by atoms with Gasteiger partial charge in [0.05, 0.1) is 12.6 Å². The summed E-state index contributed by atoms with van der Waals surface area (Å²) < 4.78 is 5.49. The number of aliphatic carboxylic acids is 1. The number of hydrogen-bond acceptors (Lipinski definition) is 6. The van der Waals surface area contributed by atoms with Crippen molar-refractivity contribution in [2.45, 2.75) is 38.8 Å². The summed E-state index contributed by atoms with van der Waals surface area (Å²) in [7, 11) is 0. The molecule has 0 aliphatic carbocycles. The predicted molar refractivity (Wildman–Crippen MR) is 97.6 cm³/mol. The Morgan fingerprint density at radius 1 is 1.35 bits per heavy atom. The molecule has 1 aromatic heterocycles. The third-order valence-electron chi connectivity index (χ3n) is 5.14.